The lowest BCUT2D eigenvalue weighted by molar-refractivity contribution is -0.138. The van der Waals surface area contributed by atoms with Crippen molar-refractivity contribution in [2.45, 2.75) is 6.61 Å². The van der Waals surface area contributed by atoms with E-state index in [2.05, 4.69) is 20.9 Å². The molecule has 0 spiro atoms. The minimum atomic E-state index is -0.393. The Bertz CT molecular complexity index is 612. The minimum Gasteiger partial charge on any atom is -0.458 e. The highest BCUT2D eigenvalue weighted by atomic mass is 79.9. The van der Waals surface area contributed by atoms with Gasteiger partial charge in [0.25, 0.3) is 0 Å². The Hall–Kier alpha value is -1.17. The second-order valence-corrected chi connectivity index (χ2v) is 6.29. The van der Waals surface area contributed by atoms with Crippen molar-refractivity contribution in [3.05, 3.63) is 55.9 Å². The summed E-state index contributed by atoms with van der Waals surface area (Å²) in [6.45, 7) is 0.266. The van der Waals surface area contributed by atoms with Crippen molar-refractivity contribution in [2.75, 3.05) is 0 Å². The van der Waals surface area contributed by atoms with Crippen LogP contribution in [0, 0.1) is 0 Å². The van der Waals surface area contributed by atoms with Crippen LogP contribution in [0.15, 0.2) is 39.6 Å². The molecular weight excluding hydrogens is 350 g/mol. The number of ether oxygens (including phenoxy) is 1. The van der Waals surface area contributed by atoms with E-state index in [1.54, 1.807) is 35.7 Å². The number of nitrogens with zero attached hydrogens (tertiary/aromatic N) is 1. The number of carbonyl (C=O) groups is 1. The first-order chi connectivity index (χ1) is 9.13. The molecule has 0 unspecified atom stereocenters. The molecule has 19 heavy (non-hydrogen) atoms. The molecular formula is C13H9BrClNO2S. The van der Waals surface area contributed by atoms with Crippen LogP contribution in [-0.4, -0.2) is 11.0 Å². The highest BCUT2D eigenvalue weighted by Gasteiger charge is 2.01. The van der Waals surface area contributed by atoms with E-state index in [0.29, 0.717) is 5.15 Å². The van der Waals surface area contributed by atoms with E-state index in [-0.39, 0.29) is 6.61 Å². The summed E-state index contributed by atoms with van der Waals surface area (Å²) in [5, 5.41) is 2.32. The maximum Gasteiger partial charge on any atom is 0.331 e. The Kier molecular flexibility index (Phi) is 5.13. The van der Waals surface area contributed by atoms with Gasteiger partial charge in [0.15, 0.2) is 0 Å². The first-order valence-corrected chi connectivity index (χ1v) is 7.38. The molecule has 0 bridgehead atoms. The van der Waals surface area contributed by atoms with Crippen molar-refractivity contribution in [1.29, 1.82) is 0 Å². The van der Waals surface area contributed by atoms with Gasteiger partial charge in [0.05, 0.1) is 3.79 Å². The number of rotatable bonds is 4. The summed E-state index contributed by atoms with van der Waals surface area (Å²) >= 11 is 10.6. The van der Waals surface area contributed by atoms with E-state index in [4.69, 9.17) is 16.3 Å². The quantitative estimate of drug-likeness (QED) is 0.464. The molecule has 6 heteroatoms. The fourth-order valence-corrected chi connectivity index (χ4v) is 2.69. The second kappa shape index (κ2) is 6.84. The molecule has 0 radical (unpaired) electrons. The van der Waals surface area contributed by atoms with Gasteiger partial charge in [-0.05, 0) is 51.1 Å². The van der Waals surface area contributed by atoms with Gasteiger partial charge in [-0.15, -0.1) is 11.3 Å². The van der Waals surface area contributed by atoms with Crippen LogP contribution in [0.25, 0.3) is 6.08 Å². The van der Waals surface area contributed by atoms with Crippen molar-refractivity contribution in [3.8, 4) is 0 Å². The van der Waals surface area contributed by atoms with Crippen molar-refractivity contribution in [2.24, 2.45) is 0 Å². The summed E-state index contributed by atoms with van der Waals surface area (Å²) in [6.07, 6.45) is 4.59. The van der Waals surface area contributed by atoms with Crippen LogP contribution in [0.1, 0.15) is 11.1 Å². The average molecular weight is 359 g/mol. The third kappa shape index (κ3) is 4.78. The number of carbonyl (C=O) groups excluding carboxylic acids is 1. The zero-order chi connectivity index (χ0) is 13.7. The van der Waals surface area contributed by atoms with Crippen molar-refractivity contribution in [3.63, 3.8) is 0 Å². The molecule has 2 aromatic heterocycles. The van der Waals surface area contributed by atoms with Gasteiger partial charge in [-0.3, -0.25) is 0 Å². The standard InChI is InChI=1S/C13H9BrClNO2S/c14-11-5-10(8-19-11)7-18-13(17)2-1-9-3-4-16-12(15)6-9/h1-6,8H,7H2. The summed E-state index contributed by atoms with van der Waals surface area (Å²) in [6, 6.07) is 5.34. The number of hydrogen-bond acceptors (Lipinski definition) is 4. The van der Waals surface area contributed by atoms with E-state index < -0.39 is 5.97 Å². The van der Waals surface area contributed by atoms with Crippen molar-refractivity contribution < 1.29 is 9.53 Å². The van der Waals surface area contributed by atoms with Gasteiger partial charge in [-0.2, -0.15) is 0 Å². The second-order valence-electron chi connectivity index (χ2n) is 3.61. The fourth-order valence-electron chi connectivity index (χ4n) is 1.31. The summed E-state index contributed by atoms with van der Waals surface area (Å²) < 4.78 is 6.12. The third-order valence-corrected chi connectivity index (χ3v) is 3.93. The normalized spacial score (nSPS) is 10.8. The molecule has 2 aromatic rings. The van der Waals surface area contributed by atoms with Gasteiger partial charge in [0.1, 0.15) is 11.8 Å². The Morgan fingerprint density at radius 1 is 1.53 bits per heavy atom. The number of esters is 1. The van der Waals surface area contributed by atoms with E-state index in [1.807, 2.05) is 11.4 Å². The molecule has 3 nitrogen and oxygen atoms in total. The molecule has 98 valence electrons. The summed E-state index contributed by atoms with van der Waals surface area (Å²) in [4.78, 5) is 15.4. The smallest absolute Gasteiger partial charge is 0.331 e. The molecule has 0 aliphatic heterocycles. The first-order valence-electron chi connectivity index (χ1n) is 5.33. The summed E-state index contributed by atoms with van der Waals surface area (Å²) in [5.41, 5.74) is 1.76. The number of pyridine rings is 1. The van der Waals surface area contributed by atoms with Crippen molar-refractivity contribution in [1.82, 2.24) is 4.98 Å². The van der Waals surface area contributed by atoms with Gasteiger partial charge in [0, 0.05) is 17.8 Å². The van der Waals surface area contributed by atoms with Crippen LogP contribution in [0.4, 0.5) is 0 Å². The first kappa shape index (κ1) is 14.2. The van der Waals surface area contributed by atoms with Crippen LogP contribution < -0.4 is 0 Å². The number of thiophene rings is 1. The predicted molar refractivity (Wildman–Crippen MR) is 80.1 cm³/mol. The Labute approximate surface area is 128 Å². The molecule has 0 atom stereocenters. The zero-order valence-corrected chi connectivity index (χ0v) is 12.8. The lowest BCUT2D eigenvalue weighted by atomic mass is 10.2. The summed E-state index contributed by atoms with van der Waals surface area (Å²) in [7, 11) is 0. The molecule has 0 aliphatic rings. The maximum atomic E-state index is 11.5. The van der Waals surface area contributed by atoms with Crippen LogP contribution in [0.5, 0.6) is 0 Å². The highest BCUT2D eigenvalue weighted by molar-refractivity contribution is 9.11. The third-order valence-electron chi connectivity index (χ3n) is 2.17. The van der Waals surface area contributed by atoms with Gasteiger partial charge in [-0.1, -0.05) is 11.6 Å². The van der Waals surface area contributed by atoms with Gasteiger partial charge < -0.3 is 4.74 Å². The number of aromatic nitrogens is 1. The van der Waals surface area contributed by atoms with Gasteiger partial charge in [-0.25, -0.2) is 9.78 Å². The van der Waals surface area contributed by atoms with Gasteiger partial charge >= 0.3 is 5.97 Å². The van der Waals surface area contributed by atoms with Crippen LogP contribution in [0.3, 0.4) is 0 Å². The van der Waals surface area contributed by atoms with E-state index >= 15 is 0 Å². The van der Waals surface area contributed by atoms with E-state index in [9.17, 15) is 4.79 Å². The Balaban J connectivity index is 1.87. The Morgan fingerprint density at radius 3 is 3.05 bits per heavy atom. The Morgan fingerprint density at radius 2 is 2.37 bits per heavy atom. The molecule has 0 saturated heterocycles. The minimum absolute atomic E-state index is 0.266. The lowest BCUT2D eigenvalue weighted by Crippen LogP contribution is -1.99. The largest absolute Gasteiger partial charge is 0.458 e. The molecule has 0 fully saturated rings. The molecule has 0 aliphatic carbocycles. The molecule has 0 saturated carbocycles. The maximum absolute atomic E-state index is 11.5. The monoisotopic (exact) mass is 357 g/mol. The molecule has 0 amide bonds. The zero-order valence-electron chi connectivity index (χ0n) is 9.68. The molecule has 0 aromatic carbocycles. The van der Waals surface area contributed by atoms with Crippen LogP contribution in [0.2, 0.25) is 5.15 Å². The molecule has 2 rings (SSSR count). The number of halogens is 2. The molecule has 0 N–H and O–H groups in total. The van der Waals surface area contributed by atoms with Crippen molar-refractivity contribution >= 4 is 50.9 Å². The number of hydrogen-bond donors (Lipinski definition) is 0. The highest BCUT2D eigenvalue weighted by Crippen LogP contribution is 2.21. The van der Waals surface area contributed by atoms with Gasteiger partial charge in [0.2, 0.25) is 0 Å². The molecule has 2 heterocycles. The average Bonchev–Trinajstić information content (AvgIpc) is 2.80. The topological polar surface area (TPSA) is 39.2 Å². The summed E-state index contributed by atoms with van der Waals surface area (Å²) in [5.74, 6) is -0.393. The van der Waals surface area contributed by atoms with Crippen LogP contribution in [-0.2, 0) is 16.1 Å². The van der Waals surface area contributed by atoms with E-state index in [1.165, 1.54) is 6.08 Å². The predicted octanol–water partition coefficient (Wildman–Crippen LogP) is 4.32. The van der Waals surface area contributed by atoms with Crippen LogP contribution >= 0.6 is 38.9 Å². The van der Waals surface area contributed by atoms with E-state index in [0.717, 1.165) is 14.9 Å². The SMILES string of the molecule is O=C(C=Cc1ccnc(Cl)c1)OCc1csc(Br)c1. The lowest BCUT2D eigenvalue weighted by Gasteiger charge is -1.99. The fraction of sp³-hybridized carbons (Fsp3) is 0.0769.